The number of halogens is 3. The molecule has 0 fully saturated rings. The summed E-state index contributed by atoms with van der Waals surface area (Å²) < 4.78 is 87.1. The van der Waals surface area contributed by atoms with Crippen molar-refractivity contribution in [2.24, 2.45) is 15.3 Å². The molecule has 1 aromatic rings. The normalized spacial score (nSPS) is 21.6. The zero-order chi connectivity index (χ0) is 19.1. The van der Waals surface area contributed by atoms with Crippen LogP contribution in [0.3, 0.4) is 0 Å². The third-order valence-electron chi connectivity index (χ3n) is 2.98. The Morgan fingerprint density at radius 3 is 2.36 bits per heavy atom. The highest BCUT2D eigenvalue weighted by atomic mass is 32.2. The largest absolute Gasteiger partial charge is 0.573 e. The Bertz CT molecular complexity index is 902. The highest BCUT2D eigenvalue weighted by Crippen LogP contribution is 2.28. The fourth-order valence-corrected chi connectivity index (χ4v) is 3.26. The second-order valence-corrected chi connectivity index (χ2v) is 8.09. The van der Waals surface area contributed by atoms with Crippen molar-refractivity contribution in [1.82, 2.24) is 9.84 Å². The molecule has 1 aliphatic rings. The predicted octanol–water partition coefficient (Wildman–Crippen LogP) is -0.878. The van der Waals surface area contributed by atoms with Crippen LogP contribution in [0.15, 0.2) is 29.3 Å². The Morgan fingerprint density at radius 2 is 1.88 bits per heavy atom. The van der Waals surface area contributed by atoms with Crippen LogP contribution < -0.4 is 20.4 Å². The monoisotopic (exact) mass is 403 g/mol. The SMILES string of the molecule is NS(=O)(=O)N1C=NC(Cc2cccc(OC(F)(F)F)c2)(S(N)(=O)=O)N1. The molecule has 2 rings (SSSR count). The minimum absolute atomic E-state index is 0.0247. The Balaban J connectivity index is 2.35. The van der Waals surface area contributed by atoms with Crippen LogP contribution in [0.1, 0.15) is 5.56 Å². The van der Waals surface area contributed by atoms with Gasteiger partial charge in [0.2, 0.25) is 4.99 Å². The molecule has 140 valence electrons. The number of alkyl halides is 3. The van der Waals surface area contributed by atoms with Crippen LogP contribution in [0.4, 0.5) is 13.2 Å². The first kappa shape index (κ1) is 19.4. The maximum atomic E-state index is 12.3. The third-order valence-corrected chi connectivity index (χ3v) is 4.99. The molecule has 0 amide bonds. The fraction of sp³-hybridized carbons (Fsp3) is 0.300. The van der Waals surface area contributed by atoms with Gasteiger partial charge in [-0.05, 0) is 17.7 Å². The Labute approximate surface area is 140 Å². The van der Waals surface area contributed by atoms with Crippen LogP contribution >= 0.6 is 0 Å². The van der Waals surface area contributed by atoms with Crippen molar-refractivity contribution in [1.29, 1.82) is 0 Å². The van der Waals surface area contributed by atoms with Gasteiger partial charge >= 0.3 is 16.6 Å². The summed E-state index contributed by atoms with van der Waals surface area (Å²) in [6.45, 7) is 0. The highest BCUT2D eigenvalue weighted by Gasteiger charge is 2.48. The van der Waals surface area contributed by atoms with Crippen LogP contribution in [-0.2, 0) is 26.7 Å². The van der Waals surface area contributed by atoms with Crippen molar-refractivity contribution in [3.05, 3.63) is 29.8 Å². The molecule has 25 heavy (non-hydrogen) atoms. The van der Waals surface area contributed by atoms with Crippen molar-refractivity contribution < 1.29 is 34.7 Å². The number of nitrogens with two attached hydrogens (primary N) is 2. The van der Waals surface area contributed by atoms with Gasteiger partial charge in [0, 0.05) is 6.42 Å². The van der Waals surface area contributed by atoms with E-state index in [0.717, 1.165) is 12.1 Å². The molecular weight excluding hydrogens is 391 g/mol. The van der Waals surface area contributed by atoms with E-state index in [4.69, 9.17) is 10.3 Å². The summed E-state index contributed by atoms with van der Waals surface area (Å²) in [4.78, 5) is 1.18. The minimum atomic E-state index is -4.94. The number of rotatable bonds is 5. The number of benzene rings is 1. The second-order valence-electron chi connectivity index (χ2n) is 4.90. The summed E-state index contributed by atoms with van der Waals surface area (Å²) in [5.74, 6) is -0.597. The van der Waals surface area contributed by atoms with Gasteiger partial charge in [-0.2, -0.15) is 18.3 Å². The molecule has 1 heterocycles. The minimum Gasteiger partial charge on any atom is -0.406 e. The molecule has 0 spiro atoms. The molecule has 0 aromatic heterocycles. The van der Waals surface area contributed by atoms with Gasteiger partial charge in [0.1, 0.15) is 12.1 Å². The lowest BCUT2D eigenvalue weighted by molar-refractivity contribution is -0.274. The molecule has 10 nitrogen and oxygen atoms in total. The van der Waals surface area contributed by atoms with Crippen molar-refractivity contribution in [2.45, 2.75) is 17.8 Å². The number of nitrogens with zero attached hydrogens (tertiary/aromatic N) is 2. The molecule has 0 aliphatic carbocycles. The topological polar surface area (TPSA) is 157 Å². The van der Waals surface area contributed by atoms with Gasteiger partial charge in [0.15, 0.2) is 0 Å². The highest BCUT2D eigenvalue weighted by molar-refractivity contribution is 7.90. The Morgan fingerprint density at radius 1 is 1.24 bits per heavy atom. The van der Waals surface area contributed by atoms with E-state index in [1.165, 1.54) is 12.1 Å². The Kier molecular flexibility index (Phi) is 4.73. The van der Waals surface area contributed by atoms with Gasteiger partial charge in [0.05, 0.1) is 0 Å². The average Bonchev–Trinajstić information content (AvgIpc) is 2.82. The number of primary sulfonamides is 1. The van der Waals surface area contributed by atoms with Gasteiger partial charge in [-0.3, -0.25) is 0 Å². The smallest absolute Gasteiger partial charge is 0.406 e. The number of aliphatic imine (C=N–C) groups is 1. The first-order valence-electron chi connectivity index (χ1n) is 6.24. The summed E-state index contributed by atoms with van der Waals surface area (Å²) in [5, 5.41) is 9.95. The van der Waals surface area contributed by atoms with Crippen LogP contribution in [0.25, 0.3) is 0 Å². The van der Waals surface area contributed by atoms with Crippen LogP contribution in [0, 0.1) is 0 Å². The zero-order valence-corrected chi connectivity index (χ0v) is 13.8. The van der Waals surface area contributed by atoms with Crippen molar-refractivity contribution in [3.8, 4) is 5.75 Å². The molecule has 0 bridgehead atoms. The summed E-state index contributed by atoms with van der Waals surface area (Å²) in [7, 11) is -8.92. The first-order valence-corrected chi connectivity index (χ1v) is 9.29. The van der Waals surface area contributed by atoms with Crippen molar-refractivity contribution >= 4 is 26.6 Å². The van der Waals surface area contributed by atoms with E-state index in [0.29, 0.717) is 6.34 Å². The van der Waals surface area contributed by atoms with E-state index in [9.17, 15) is 30.0 Å². The lowest BCUT2D eigenvalue weighted by Crippen LogP contribution is -2.58. The van der Waals surface area contributed by atoms with E-state index in [1.54, 1.807) is 0 Å². The summed E-state index contributed by atoms with van der Waals surface area (Å²) in [5.41, 5.74) is 2.05. The lowest BCUT2D eigenvalue weighted by atomic mass is 10.1. The number of hydrogen-bond acceptors (Lipinski definition) is 7. The van der Waals surface area contributed by atoms with Gasteiger partial charge < -0.3 is 4.74 Å². The number of hydrazine groups is 1. The summed E-state index contributed by atoms with van der Waals surface area (Å²) >= 11 is 0. The van der Waals surface area contributed by atoms with Gasteiger partial charge in [-0.25, -0.2) is 23.7 Å². The van der Waals surface area contributed by atoms with Crippen molar-refractivity contribution in [3.63, 3.8) is 0 Å². The van der Waals surface area contributed by atoms with Crippen LogP contribution in [-0.4, -0.2) is 38.9 Å². The van der Waals surface area contributed by atoms with Gasteiger partial charge in [-0.15, -0.1) is 13.2 Å². The molecule has 15 heteroatoms. The quantitative estimate of drug-likeness (QED) is 0.579. The number of sulfonamides is 1. The van der Waals surface area contributed by atoms with E-state index >= 15 is 0 Å². The Hall–Kier alpha value is -1.94. The van der Waals surface area contributed by atoms with Crippen LogP contribution in [0.2, 0.25) is 0 Å². The third kappa shape index (κ3) is 4.57. The summed E-state index contributed by atoms with van der Waals surface area (Å²) in [6, 6.07) is 4.39. The standard InChI is InChI=1S/C10H12F3N5O5S2/c11-10(12,13)23-8-3-1-2-7(4-8)5-9(24(14,19)20)16-6-18(17-9)25(15,21)22/h1-4,6,17H,5H2,(H2,14,19,20)(H2,15,21,22). The summed E-state index contributed by atoms with van der Waals surface area (Å²) in [6.07, 6.45) is -4.94. The molecule has 1 aromatic carbocycles. The molecule has 0 saturated heterocycles. The maximum absolute atomic E-state index is 12.3. The number of nitrogens with one attached hydrogen (secondary N) is 1. The van der Waals surface area contributed by atoms with Crippen LogP contribution in [0.5, 0.6) is 5.75 Å². The van der Waals surface area contributed by atoms with E-state index in [1.807, 2.05) is 5.43 Å². The van der Waals surface area contributed by atoms with E-state index in [-0.39, 0.29) is 9.98 Å². The molecular formula is C10H12F3N5O5S2. The number of hydrogen-bond donors (Lipinski definition) is 3. The van der Waals surface area contributed by atoms with Gasteiger partial charge in [0.25, 0.3) is 10.0 Å². The fourth-order valence-electron chi connectivity index (χ4n) is 1.96. The molecule has 1 aliphatic heterocycles. The first-order chi connectivity index (χ1) is 11.2. The predicted molar refractivity (Wildman–Crippen MR) is 79.2 cm³/mol. The molecule has 5 N–H and O–H groups in total. The average molecular weight is 403 g/mol. The van der Waals surface area contributed by atoms with Gasteiger partial charge in [-0.1, -0.05) is 12.1 Å². The molecule has 1 atom stereocenters. The molecule has 0 radical (unpaired) electrons. The molecule has 0 saturated carbocycles. The van der Waals surface area contributed by atoms with E-state index in [2.05, 4.69) is 9.73 Å². The van der Waals surface area contributed by atoms with E-state index < -0.39 is 43.8 Å². The molecule has 1 unspecified atom stereocenters. The van der Waals surface area contributed by atoms with Crippen molar-refractivity contribution in [2.75, 3.05) is 0 Å². The lowest BCUT2D eigenvalue weighted by Gasteiger charge is -2.26. The zero-order valence-electron chi connectivity index (χ0n) is 12.1. The second kappa shape index (κ2) is 6.10. The number of ether oxygens (including phenoxy) is 1. The maximum Gasteiger partial charge on any atom is 0.573 e.